The number of aromatic nitrogens is 2. The van der Waals surface area contributed by atoms with Crippen LogP contribution >= 0.6 is 11.3 Å². The molecule has 1 heterocycles. The Morgan fingerprint density at radius 3 is 2.74 bits per heavy atom. The third-order valence-corrected chi connectivity index (χ3v) is 4.31. The topological polar surface area (TPSA) is 37.8 Å². The quantitative estimate of drug-likeness (QED) is 0.788. The molecule has 1 aromatic heterocycles. The smallest absolute Gasteiger partial charge is 0.124 e. The third-order valence-electron chi connectivity index (χ3n) is 3.15. The van der Waals surface area contributed by atoms with E-state index in [4.69, 9.17) is 0 Å². The highest BCUT2D eigenvalue weighted by molar-refractivity contribution is 7.11. The van der Waals surface area contributed by atoms with E-state index in [1.807, 2.05) is 6.07 Å². The molecule has 2 rings (SSSR count). The molecule has 1 atom stereocenters. The zero-order chi connectivity index (χ0) is 13.5. The lowest BCUT2D eigenvalue weighted by molar-refractivity contribution is 0.668. The van der Waals surface area contributed by atoms with Gasteiger partial charge in [-0.15, -0.1) is 21.5 Å². The van der Waals surface area contributed by atoms with Gasteiger partial charge in [-0.25, -0.2) is 0 Å². The van der Waals surface area contributed by atoms with Crippen LogP contribution in [-0.2, 0) is 6.42 Å². The van der Waals surface area contributed by atoms with E-state index in [-0.39, 0.29) is 0 Å². The number of nitrogens with zero attached hydrogens (tertiary/aromatic N) is 2. The van der Waals surface area contributed by atoms with E-state index in [9.17, 15) is 0 Å². The van der Waals surface area contributed by atoms with Crippen molar-refractivity contribution in [1.82, 2.24) is 15.5 Å². The Balaban J connectivity index is 1.93. The maximum atomic E-state index is 4.34. The van der Waals surface area contributed by atoms with Crippen molar-refractivity contribution in [2.45, 2.75) is 32.6 Å². The molecule has 1 unspecified atom stereocenters. The first-order valence-electron chi connectivity index (χ1n) is 6.89. The van der Waals surface area contributed by atoms with Crippen molar-refractivity contribution in [3.05, 3.63) is 45.9 Å². The third kappa shape index (κ3) is 4.11. The maximum Gasteiger partial charge on any atom is 0.124 e. The van der Waals surface area contributed by atoms with Crippen LogP contribution in [0.3, 0.4) is 0 Å². The average molecular weight is 275 g/mol. The predicted octanol–water partition coefficient (Wildman–Crippen LogP) is 3.23. The Hall–Kier alpha value is -1.26. The number of hydrogen-bond acceptors (Lipinski definition) is 4. The minimum atomic E-state index is 0.334. The second-order valence-corrected chi connectivity index (χ2v) is 5.72. The van der Waals surface area contributed by atoms with Gasteiger partial charge in [-0.2, -0.15) is 0 Å². The molecule has 0 saturated heterocycles. The van der Waals surface area contributed by atoms with E-state index in [1.54, 1.807) is 11.3 Å². The van der Waals surface area contributed by atoms with Gasteiger partial charge in [-0.05, 0) is 25.1 Å². The number of nitrogens with one attached hydrogen (secondary N) is 1. The number of hydrogen-bond donors (Lipinski definition) is 1. The molecule has 0 fully saturated rings. The van der Waals surface area contributed by atoms with E-state index in [0.29, 0.717) is 5.92 Å². The van der Waals surface area contributed by atoms with Crippen molar-refractivity contribution in [2.75, 3.05) is 13.1 Å². The predicted molar refractivity (Wildman–Crippen MR) is 80.7 cm³/mol. The first-order valence-corrected chi connectivity index (χ1v) is 7.71. The Morgan fingerprint density at radius 2 is 2.00 bits per heavy atom. The standard InChI is InChI=1S/C15H21N3S/c1-3-16-11-7-10-14-17-18-15(19-14)12(2)13-8-5-4-6-9-13/h4-6,8-9,12,16H,3,7,10-11H2,1-2H3. The van der Waals surface area contributed by atoms with Crippen LogP contribution in [0, 0.1) is 0 Å². The van der Waals surface area contributed by atoms with Gasteiger partial charge in [0.1, 0.15) is 10.0 Å². The molecule has 4 heteroatoms. The lowest BCUT2D eigenvalue weighted by atomic mass is 10.0. The number of aryl methyl sites for hydroxylation is 1. The van der Waals surface area contributed by atoms with Crippen molar-refractivity contribution in [3.8, 4) is 0 Å². The van der Waals surface area contributed by atoms with Crippen LogP contribution in [0.2, 0.25) is 0 Å². The molecular weight excluding hydrogens is 254 g/mol. The van der Waals surface area contributed by atoms with Crippen LogP contribution < -0.4 is 5.32 Å². The summed E-state index contributed by atoms with van der Waals surface area (Å²) in [6.07, 6.45) is 2.15. The summed E-state index contributed by atoms with van der Waals surface area (Å²) in [5.41, 5.74) is 1.30. The van der Waals surface area contributed by atoms with Gasteiger partial charge in [0.05, 0.1) is 0 Å². The fourth-order valence-electron chi connectivity index (χ4n) is 1.97. The van der Waals surface area contributed by atoms with E-state index in [1.165, 1.54) is 5.56 Å². The van der Waals surface area contributed by atoms with Crippen LogP contribution in [0.15, 0.2) is 30.3 Å². The Bertz CT molecular complexity index is 481. The van der Waals surface area contributed by atoms with Crippen LogP contribution in [0.4, 0.5) is 0 Å². The van der Waals surface area contributed by atoms with Gasteiger partial charge in [0, 0.05) is 12.3 Å². The molecule has 102 valence electrons. The van der Waals surface area contributed by atoms with Crippen LogP contribution in [0.5, 0.6) is 0 Å². The summed E-state index contributed by atoms with van der Waals surface area (Å²) < 4.78 is 0. The molecule has 1 aromatic carbocycles. The molecule has 3 nitrogen and oxygen atoms in total. The van der Waals surface area contributed by atoms with Gasteiger partial charge >= 0.3 is 0 Å². The minimum Gasteiger partial charge on any atom is -0.317 e. The van der Waals surface area contributed by atoms with Crippen LogP contribution in [0.25, 0.3) is 0 Å². The first-order chi connectivity index (χ1) is 9.31. The largest absolute Gasteiger partial charge is 0.317 e. The zero-order valence-electron chi connectivity index (χ0n) is 11.6. The zero-order valence-corrected chi connectivity index (χ0v) is 12.4. The molecule has 2 aromatic rings. The van der Waals surface area contributed by atoms with Gasteiger partial charge in [0.15, 0.2) is 0 Å². The second-order valence-electron chi connectivity index (χ2n) is 4.62. The molecule has 0 amide bonds. The molecule has 0 spiro atoms. The minimum absolute atomic E-state index is 0.334. The van der Waals surface area contributed by atoms with Crippen molar-refractivity contribution in [2.24, 2.45) is 0 Å². The summed E-state index contributed by atoms with van der Waals surface area (Å²) in [6, 6.07) is 10.5. The first kappa shape index (κ1) is 14.2. The van der Waals surface area contributed by atoms with Crippen molar-refractivity contribution in [1.29, 1.82) is 0 Å². The summed E-state index contributed by atoms with van der Waals surface area (Å²) in [5.74, 6) is 0.334. The molecule has 0 aliphatic carbocycles. The average Bonchev–Trinajstić information content (AvgIpc) is 2.92. The summed E-state index contributed by atoms with van der Waals surface area (Å²) in [6.45, 7) is 6.41. The Labute approximate surface area is 119 Å². The lowest BCUT2D eigenvalue weighted by Gasteiger charge is -2.06. The fourth-order valence-corrected chi connectivity index (χ4v) is 2.93. The molecule has 19 heavy (non-hydrogen) atoms. The molecule has 0 radical (unpaired) electrons. The summed E-state index contributed by atoms with van der Waals surface area (Å²) >= 11 is 1.74. The Kier molecular flexibility index (Phi) is 5.48. The normalized spacial score (nSPS) is 12.5. The monoisotopic (exact) mass is 275 g/mol. The molecule has 0 bridgehead atoms. The second kappa shape index (κ2) is 7.36. The van der Waals surface area contributed by atoms with Crippen LogP contribution in [-0.4, -0.2) is 23.3 Å². The highest BCUT2D eigenvalue weighted by atomic mass is 32.1. The molecule has 1 N–H and O–H groups in total. The highest BCUT2D eigenvalue weighted by Gasteiger charge is 2.13. The van der Waals surface area contributed by atoms with E-state index < -0.39 is 0 Å². The van der Waals surface area contributed by atoms with Gasteiger partial charge in [0.2, 0.25) is 0 Å². The maximum absolute atomic E-state index is 4.34. The highest BCUT2D eigenvalue weighted by Crippen LogP contribution is 2.26. The van der Waals surface area contributed by atoms with E-state index in [0.717, 1.165) is 35.9 Å². The molecule has 0 saturated carbocycles. The van der Waals surface area contributed by atoms with Crippen LogP contribution in [0.1, 0.15) is 41.8 Å². The summed E-state index contributed by atoms with van der Waals surface area (Å²) in [5, 5.41) is 14.2. The molecule has 0 aliphatic heterocycles. The van der Waals surface area contributed by atoms with Gasteiger partial charge in [-0.1, -0.05) is 44.2 Å². The number of rotatable bonds is 7. The summed E-state index contributed by atoms with van der Waals surface area (Å²) in [4.78, 5) is 0. The fraction of sp³-hybridized carbons (Fsp3) is 0.467. The molecular formula is C15H21N3S. The lowest BCUT2D eigenvalue weighted by Crippen LogP contribution is -2.14. The van der Waals surface area contributed by atoms with Gasteiger partial charge in [0.25, 0.3) is 0 Å². The SMILES string of the molecule is CCNCCCc1nnc(C(C)c2ccccc2)s1. The van der Waals surface area contributed by atoms with Crippen molar-refractivity contribution in [3.63, 3.8) is 0 Å². The van der Waals surface area contributed by atoms with Crippen molar-refractivity contribution >= 4 is 11.3 Å². The Morgan fingerprint density at radius 1 is 1.21 bits per heavy atom. The van der Waals surface area contributed by atoms with E-state index >= 15 is 0 Å². The summed E-state index contributed by atoms with van der Waals surface area (Å²) in [7, 11) is 0. The van der Waals surface area contributed by atoms with Gasteiger partial charge in [-0.3, -0.25) is 0 Å². The van der Waals surface area contributed by atoms with E-state index in [2.05, 4.69) is 53.6 Å². The number of benzene rings is 1. The van der Waals surface area contributed by atoms with Gasteiger partial charge < -0.3 is 5.32 Å². The van der Waals surface area contributed by atoms with Crippen molar-refractivity contribution < 1.29 is 0 Å². The molecule has 0 aliphatic rings.